The number of nitrogen functional groups attached to an aromatic ring is 1. The number of rotatable bonds is 21. The third-order valence-electron chi connectivity index (χ3n) is 15.7. The van der Waals surface area contributed by atoms with Gasteiger partial charge in [0.25, 0.3) is 20.1 Å². The van der Waals surface area contributed by atoms with Crippen molar-refractivity contribution in [3.63, 3.8) is 0 Å². The number of hydrogen-bond donors (Lipinski definition) is 11. The summed E-state index contributed by atoms with van der Waals surface area (Å²) in [6.07, 6.45) is 6.62. The number of aliphatic hydroxyl groups excluding tert-OH is 2. The number of aromatic hydroxyl groups is 1. The lowest BCUT2D eigenvalue weighted by atomic mass is 9.99. The molecule has 5 heterocycles. The van der Waals surface area contributed by atoms with E-state index >= 15 is 0 Å². The second kappa shape index (κ2) is 26.6. The molecule has 5 aliphatic heterocycles. The van der Waals surface area contributed by atoms with Crippen LogP contribution in [0.3, 0.4) is 0 Å². The summed E-state index contributed by atoms with van der Waals surface area (Å²) in [5.41, 5.74) is 25.7. The fourth-order valence-corrected chi connectivity index (χ4v) is 22.5. The van der Waals surface area contributed by atoms with Gasteiger partial charge < -0.3 is 48.1 Å². The number of anilines is 3. The van der Waals surface area contributed by atoms with Crippen LogP contribution in [0.25, 0.3) is 10.8 Å². The van der Waals surface area contributed by atoms with Gasteiger partial charge in [0.1, 0.15) is 33.4 Å². The molecule has 14 N–H and O–H groups in total. The maximum absolute atomic E-state index is 13.7. The molecule has 0 aromatic heterocycles. The van der Waals surface area contributed by atoms with E-state index in [2.05, 4.69) is 66.4 Å². The number of aryl methyl sites for hydroxylation is 1. The summed E-state index contributed by atoms with van der Waals surface area (Å²) in [7, 11) is 0.619. The zero-order valence-corrected chi connectivity index (χ0v) is 57.2. The number of aliphatic imine (C=N–C) groups is 3. The summed E-state index contributed by atoms with van der Waals surface area (Å²) in [5.74, 6) is -0.680. The van der Waals surface area contributed by atoms with E-state index in [0.29, 0.717) is 45.4 Å². The van der Waals surface area contributed by atoms with E-state index in [4.69, 9.17) is 37.4 Å². The average molecular weight is 1460 g/mol. The Kier molecular flexibility index (Phi) is 18.2. The molecule has 0 spiro atoms. The molecule has 3 aliphatic carbocycles. The highest BCUT2D eigenvalue weighted by Crippen LogP contribution is 2.64. The van der Waals surface area contributed by atoms with Crippen molar-refractivity contribution in [3.8, 4) is 5.75 Å². The van der Waals surface area contributed by atoms with E-state index in [1.54, 1.807) is 30.0 Å². The van der Waals surface area contributed by atoms with E-state index in [0.717, 1.165) is 97.8 Å². The number of fused-ring (bicyclic) bond motifs is 5. The van der Waals surface area contributed by atoms with Crippen LogP contribution in [0, 0.1) is 0 Å². The molecule has 0 saturated carbocycles. The maximum Gasteiger partial charge on any atom is 0.296 e. The van der Waals surface area contributed by atoms with E-state index in [1.807, 2.05) is 32.3 Å². The summed E-state index contributed by atoms with van der Waals surface area (Å²) in [5, 5.41) is 79.1. The van der Waals surface area contributed by atoms with Gasteiger partial charge in [-0.15, -0.1) is 43.2 Å². The smallest absolute Gasteiger partial charge is 0.296 e. The molecule has 3 unspecified atom stereocenters. The average Bonchev–Trinajstić information content (AvgIpc) is 1.38. The number of nitrogens with two attached hydrogens (primary N) is 3. The van der Waals surface area contributed by atoms with Gasteiger partial charge in [-0.1, -0.05) is 38.8 Å². The number of sulfonamides is 1. The van der Waals surface area contributed by atoms with Crippen molar-refractivity contribution >= 4 is 184 Å². The minimum Gasteiger partial charge on any atom is -0.505 e. The van der Waals surface area contributed by atoms with Crippen LogP contribution < -0.4 is 32.6 Å². The van der Waals surface area contributed by atoms with Crippen LogP contribution in [0.1, 0.15) is 18.4 Å². The van der Waals surface area contributed by atoms with E-state index in [1.165, 1.54) is 110 Å². The summed E-state index contributed by atoms with van der Waals surface area (Å²) >= 11 is 3.56. The second-order valence-electron chi connectivity index (χ2n) is 22.4. The van der Waals surface area contributed by atoms with Gasteiger partial charge >= 0.3 is 0 Å². The zero-order chi connectivity index (χ0) is 66.9. The first-order valence-electron chi connectivity index (χ1n) is 28.9. The largest absolute Gasteiger partial charge is 0.505 e. The molecule has 36 heteroatoms. The van der Waals surface area contributed by atoms with Gasteiger partial charge in [0, 0.05) is 5.69 Å². The molecule has 0 amide bonds. The third kappa shape index (κ3) is 12.7. The van der Waals surface area contributed by atoms with Crippen molar-refractivity contribution < 1.29 is 51.3 Å². The highest BCUT2D eigenvalue weighted by molar-refractivity contribution is 8.80. The number of aliphatic hydroxyl groups is 2. The third-order valence-corrected chi connectivity index (χ3v) is 27.0. The molecule has 0 fully saturated rings. The monoisotopic (exact) mass is 1460 g/mol. The van der Waals surface area contributed by atoms with Crippen molar-refractivity contribution in [3.05, 3.63) is 163 Å². The summed E-state index contributed by atoms with van der Waals surface area (Å²) in [6, 6.07) is 22.3. The minimum absolute atomic E-state index is 0.00892. The summed E-state index contributed by atoms with van der Waals surface area (Å²) in [4.78, 5) is 21.7. The lowest BCUT2D eigenvalue weighted by molar-refractivity contribution is -0.432. The molecule has 8 aliphatic rings. The maximum atomic E-state index is 13.7. The van der Waals surface area contributed by atoms with Crippen LogP contribution >= 0.6 is 78.7 Å². The summed E-state index contributed by atoms with van der Waals surface area (Å²) in [6.45, 7) is 2.81. The van der Waals surface area contributed by atoms with Gasteiger partial charge in [-0.3, -0.25) is 14.3 Å². The van der Waals surface area contributed by atoms with E-state index in [-0.39, 0.29) is 77.5 Å². The fourth-order valence-electron chi connectivity index (χ4n) is 11.1. The van der Waals surface area contributed by atoms with Gasteiger partial charge in [0.05, 0.1) is 142 Å². The quantitative estimate of drug-likeness (QED) is 0.00466. The lowest BCUT2D eigenvalue weighted by Crippen LogP contribution is -2.35. The second-order valence-corrected chi connectivity index (χ2v) is 32.8. The normalized spacial score (nSPS) is 19.5. The van der Waals surface area contributed by atoms with Crippen LogP contribution in [-0.2, 0) is 35.9 Å². The molecule has 4 bridgehead atoms. The molecule has 3 atom stereocenters. The summed E-state index contributed by atoms with van der Waals surface area (Å²) < 4.78 is 70.8. The molecule has 96 heavy (non-hydrogen) atoms. The Hall–Kier alpha value is -7.66. The Morgan fingerprint density at radius 2 is 1.40 bits per heavy atom. The number of nitrogens with zero attached hydrogens (tertiary/aromatic N) is 10. The number of benzene rings is 6. The number of thioether (sulfide) groups is 2. The molecule has 14 rings (SSSR count). The Balaban J connectivity index is 0.664. The number of nitrogens with one attached hydrogen (secondary N) is 3. The van der Waals surface area contributed by atoms with Crippen LogP contribution in [0.5, 0.6) is 5.75 Å². The van der Waals surface area contributed by atoms with Crippen LogP contribution in [-0.4, -0.2) is 114 Å². The van der Waals surface area contributed by atoms with Crippen molar-refractivity contribution in [1.82, 2.24) is 10.2 Å². The topological polar surface area (TPSA) is 417 Å². The zero-order valence-electron chi connectivity index (χ0n) is 49.9. The first-order valence-corrected chi connectivity index (χ1v) is 38.7. The Morgan fingerprint density at radius 3 is 2.12 bits per heavy atom. The van der Waals surface area contributed by atoms with Crippen molar-refractivity contribution in [2.24, 2.45) is 57.1 Å². The first-order chi connectivity index (χ1) is 46.2. The van der Waals surface area contributed by atoms with Crippen LogP contribution in [0.4, 0.5) is 56.9 Å². The standard InChI is InChI=1S/C60H52N16O11S9/c1-76(2)20-4-19-64-18-3-5-26-6-8-28(9-7-26)69-72-46-39(90-87-86-80)21-27-22-40(96(83,84)85)47(42(62)41(27)51(46)78)73-70-30-14-16-32(17-15-30)95(81,82)75-31-12-10-29(11-13-31)71-74-48-43(63)52(79)60-56-49(48)68-38-25-35-45(58(92-94-60)54(38)89-56)66-34-24-37-53-57(44(34)67-35)91-93-59-50(77)33(61)23-36(65-37)55(59)88-53/h6-17,21-25,34,55-56,64,66,75,77-80H,3-5,18-20,61-63H2,1-2H3,(H,83,84,85). The predicted molar refractivity (Wildman–Crippen MR) is 381 cm³/mol. The number of hydrogen-bond acceptors (Lipinski definition) is 32. The van der Waals surface area contributed by atoms with Crippen molar-refractivity contribution in [2.75, 3.05) is 49.5 Å². The van der Waals surface area contributed by atoms with Gasteiger partial charge in [-0.25, -0.2) is 23.7 Å². The molecule has 27 nitrogen and oxygen atoms in total. The molecule has 492 valence electrons. The number of azo groups is 3. The first kappa shape index (κ1) is 65.6. The molecule has 6 aromatic rings. The Labute approximate surface area is 576 Å². The molecule has 0 radical (unpaired) electrons. The van der Waals surface area contributed by atoms with Crippen molar-refractivity contribution in [2.45, 2.75) is 60.3 Å². The number of allylic oxidation sites excluding steroid dienone is 2. The number of phenols is 1. The minimum atomic E-state index is -5.07. The molecule has 6 aromatic carbocycles. The lowest BCUT2D eigenvalue weighted by Gasteiger charge is -2.34. The molecular weight excluding hydrogens is 1410 g/mol. The predicted octanol–water partition coefficient (Wildman–Crippen LogP) is 14.5. The van der Waals surface area contributed by atoms with Crippen molar-refractivity contribution in [1.29, 1.82) is 0 Å². The fraction of sp³-hybridized carbons (Fsp3) is 0.183. The van der Waals surface area contributed by atoms with Gasteiger partial charge in [0.2, 0.25) is 0 Å². The van der Waals surface area contributed by atoms with Gasteiger partial charge in [-0.2, -0.15) is 23.8 Å². The van der Waals surface area contributed by atoms with E-state index < -0.39 is 47.4 Å². The SMILES string of the molecule is CN(C)CCCNCCCc1ccc(N=Nc2c(SOOO)cc3cc(S(=O)(=O)O)c(N=Nc4ccc(S(=O)(=O)Nc5ccc(N=NC6=C(N)C(O)=C7SSc8c9c(cc%10c8SC7C6=N%10)N=C6C7=C8SC%10C(=NC8=CC6N9)C=C(N)C(O)=C%10SS7)cc5)cc4)c(N)c3c2O)cc1. The Bertz CT molecular complexity index is 4960. The molecule has 0 saturated heterocycles. The molecular formula is C60H52N16O11S9. The van der Waals surface area contributed by atoms with Gasteiger partial charge in [0.15, 0.2) is 11.5 Å². The highest BCUT2D eigenvalue weighted by atomic mass is 33.1. The number of phenolic OH excluding ortho intramolecular Hbond substituents is 1. The van der Waals surface area contributed by atoms with E-state index in [9.17, 15) is 36.7 Å². The highest BCUT2D eigenvalue weighted by Gasteiger charge is 2.46. The van der Waals surface area contributed by atoms with Gasteiger partial charge in [-0.05, 0) is 177 Å². The Morgan fingerprint density at radius 1 is 0.719 bits per heavy atom. The van der Waals surface area contributed by atoms with Crippen LogP contribution in [0.15, 0.2) is 227 Å². The van der Waals surface area contributed by atoms with Crippen LogP contribution in [0.2, 0.25) is 0 Å².